The molecule has 1 aliphatic rings. The molecule has 1 fully saturated rings. The summed E-state index contributed by atoms with van der Waals surface area (Å²) in [4.78, 5) is 16.2. The summed E-state index contributed by atoms with van der Waals surface area (Å²) in [5.41, 5.74) is 0.922. The molecular weight excluding hydrogens is 385 g/mol. The van der Waals surface area contributed by atoms with E-state index in [9.17, 15) is 4.79 Å². The zero-order valence-corrected chi connectivity index (χ0v) is 16.1. The molecule has 1 atom stereocenters. The van der Waals surface area contributed by atoms with Gasteiger partial charge in [-0.05, 0) is 43.7 Å². The highest BCUT2D eigenvalue weighted by Crippen LogP contribution is 2.22. The number of oxazole rings is 1. The molecule has 0 saturated carbocycles. The summed E-state index contributed by atoms with van der Waals surface area (Å²) in [6.45, 7) is 1.89. The molecule has 138 valence electrons. The molecule has 0 unspecified atom stereocenters. The average molecular weight is 407 g/mol. The van der Waals surface area contributed by atoms with Gasteiger partial charge in [0.25, 0.3) is 0 Å². The first-order valence-electron chi connectivity index (χ1n) is 7.91. The van der Waals surface area contributed by atoms with Crippen LogP contribution in [0.15, 0.2) is 34.9 Å². The molecule has 1 aromatic heterocycles. The van der Waals surface area contributed by atoms with Gasteiger partial charge < -0.3 is 15.1 Å². The first-order valence-corrected chi connectivity index (χ1v) is 8.29. The van der Waals surface area contributed by atoms with Crippen molar-refractivity contribution < 1.29 is 9.21 Å². The number of benzene rings is 1. The molecule has 8 heteroatoms. The standard InChI is InChI=1S/C17H20ClN3O2.2ClH/c18-13-5-3-12(4-6-13)15-11-20-17(23-15)8-7-16(22)21-14-2-1-9-19-10-14;;/h3-6,11,14,19H,1-2,7-10H2,(H,21,22);2*1H/t14-;;/m0../s1. The van der Waals surface area contributed by atoms with E-state index in [2.05, 4.69) is 15.6 Å². The smallest absolute Gasteiger partial charge is 0.220 e. The van der Waals surface area contributed by atoms with Gasteiger partial charge in [-0.25, -0.2) is 4.98 Å². The quantitative estimate of drug-likeness (QED) is 0.795. The van der Waals surface area contributed by atoms with Crippen LogP contribution in [0.25, 0.3) is 11.3 Å². The van der Waals surface area contributed by atoms with Gasteiger partial charge in [0.15, 0.2) is 11.7 Å². The molecule has 1 aliphatic heterocycles. The first-order chi connectivity index (χ1) is 11.2. The fourth-order valence-corrected chi connectivity index (χ4v) is 2.79. The van der Waals surface area contributed by atoms with Crippen molar-refractivity contribution in [2.45, 2.75) is 31.7 Å². The maximum atomic E-state index is 12.0. The predicted molar refractivity (Wildman–Crippen MR) is 104 cm³/mol. The monoisotopic (exact) mass is 405 g/mol. The molecule has 1 saturated heterocycles. The van der Waals surface area contributed by atoms with Crippen LogP contribution < -0.4 is 10.6 Å². The van der Waals surface area contributed by atoms with Crippen molar-refractivity contribution in [1.29, 1.82) is 0 Å². The highest BCUT2D eigenvalue weighted by atomic mass is 35.5. The number of piperidine rings is 1. The topological polar surface area (TPSA) is 67.2 Å². The Bertz CT molecular complexity index is 655. The lowest BCUT2D eigenvalue weighted by molar-refractivity contribution is -0.121. The number of rotatable bonds is 5. The number of hydrogen-bond acceptors (Lipinski definition) is 4. The molecule has 0 bridgehead atoms. The third kappa shape index (κ3) is 6.51. The third-order valence-corrected chi connectivity index (χ3v) is 4.16. The molecule has 0 spiro atoms. The Hall–Kier alpha value is -1.27. The molecular formula is C17H22Cl3N3O2. The van der Waals surface area contributed by atoms with Crippen LogP contribution in [-0.4, -0.2) is 30.0 Å². The van der Waals surface area contributed by atoms with Gasteiger partial charge in [-0.15, -0.1) is 24.8 Å². The van der Waals surface area contributed by atoms with Gasteiger partial charge in [0.2, 0.25) is 5.91 Å². The largest absolute Gasteiger partial charge is 0.441 e. The summed E-state index contributed by atoms with van der Waals surface area (Å²) in [6, 6.07) is 7.63. The average Bonchev–Trinajstić information content (AvgIpc) is 3.04. The van der Waals surface area contributed by atoms with E-state index in [-0.39, 0.29) is 36.8 Å². The number of amides is 1. The number of hydrogen-bond donors (Lipinski definition) is 2. The summed E-state index contributed by atoms with van der Waals surface area (Å²) in [7, 11) is 0. The number of carbonyl (C=O) groups is 1. The van der Waals surface area contributed by atoms with E-state index in [0.29, 0.717) is 29.5 Å². The van der Waals surface area contributed by atoms with Crippen molar-refractivity contribution in [1.82, 2.24) is 15.6 Å². The van der Waals surface area contributed by atoms with E-state index in [1.54, 1.807) is 6.20 Å². The van der Waals surface area contributed by atoms with Crippen LogP contribution in [0.4, 0.5) is 0 Å². The maximum absolute atomic E-state index is 12.0. The molecule has 0 radical (unpaired) electrons. The Morgan fingerprint density at radius 1 is 1.32 bits per heavy atom. The van der Waals surface area contributed by atoms with Crippen LogP contribution in [0, 0.1) is 0 Å². The van der Waals surface area contributed by atoms with Crippen molar-refractivity contribution in [3.8, 4) is 11.3 Å². The van der Waals surface area contributed by atoms with Gasteiger partial charge in [0.1, 0.15) is 0 Å². The van der Waals surface area contributed by atoms with Crippen molar-refractivity contribution in [3.63, 3.8) is 0 Å². The van der Waals surface area contributed by atoms with Gasteiger partial charge in [-0.3, -0.25) is 4.79 Å². The third-order valence-electron chi connectivity index (χ3n) is 3.91. The van der Waals surface area contributed by atoms with Crippen LogP contribution in [0.1, 0.15) is 25.2 Å². The molecule has 25 heavy (non-hydrogen) atoms. The fourth-order valence-electron chi connectivity index (χ4n) is 2.67. The minimum Gasteiger partial charge on any atom is -0.441 e. The number of nitrogens with one attached hydrogen (secondary N) is 2. The van der Waals surface area contributed by atoms with E-state index in [4.69, 9.17) is 16.0 Å². The second-order valence-electron chi connectivity index (χ2n) is 5.74. The van der Waals surface area contributed by atoms with Gasteiger partial charge >= 0.3 is 0 Å². The molecule has 1 amide bonds. The minimum atomic E-state index is 0. The number of aromatic nitrogens is 1. The van der Waals surface area contributed by atoms with Crippen molar-refractivity contribution in [2.24, 2.45) is 0 Å². The maximum Gasteiger partial charge on any atom is 0.220 e. The first kappa shape index (κ1) is 21.8. The predicted octanol–water partition coefficient (Wildman–Crippen LogP) is 3.64. The van der Waals surface area contributed by atoms with Crippen molar-refractivity contribution >= 4 is 42.3 Å². The number of aryl methyl sites for hydroxylation is 1. The molecule has 3 rings (SSSR count). The summed E-state index contributed by atoms with van der Waals surface area (Å²) in [5, 5.41) is 7.02. The Balaban J connectivity index is 0.00000156. The number of carbonyl (C=O) groups excluding carboxylic acids is 1. The zero-order valence-electron chi connectivity index (χ0n) is 13.7. The zero-order chi connectivity index (χ0) is 16.1. The summed E-state index contributed by atoms with van der Waals surface area (Å²) < 4.78 is 5.70. The summed E-state index contributed by atoms with van der Waals surface area (Å²) in [6.07, 6.45) is 4.71. The SMILES string of the molecule is Cl.Cl.O=C(CCc1ncc(-c2ccc(Cl)cc2)o1)N[C@H]1CCCNC1. The highest BCUT2D eigenvalue weighted by Gasteiger charge is 2.16. The van der Waals surface area contributed by atoms with Crippen LogP contribution in [0.3, 0.4) is 0 Å². The second kappa shape index (κ2) is 10.7. The molecule has 0 aliphatic carbocycles. The highest BCUT2D eigenvalue weighted by molar-refractivity contribution is 6.30. The van der Waals surface area contributed by atoms with E-state index in [1.165, 1.54) is 0 Å². The molecule has 1 aromatic carbocycles. The van der Waals surface area contributed by atoms with E-state index >= 15 is 0 Å². The van der Waals surface area contributed by atoms with E-state index in [1.807, 2.05) is 24.3 Å². The Morgan fingerprint density at radius 2 is 2.08 bits per heavy atom. The van der Waals surface area contributed by atoms with Crippen molar-refractivity contribution in [3.05, 3.63) is 41.4 Å². The second-order valence-corrected chi connectivity index (χ2v) is 6.17. The van der Waals surface area contributed by atoms with E-state index < -0.39 is 0 Å². The summed E-state index contributed by atoms with van der Waals surface area (Å²) >= 11 is 5.87. The van der Waals surface area contributed by atoms with Crippen molar-refractivity contribution in [2.75, 3.05) is 13.1 Å². The van der Waals surface area contributed by atoms with Gasteiger partial charge in [-0.2, -0.15) is 0 Å². The number of nitrogens with zero attached hydrogens (tertiary/aromatic N) is 1. The lowest BCUT2D eigenvalue weighted by Crippen LogP contribution is -2.45. The van der Waals surface area contributed by atoms with Gasteiger partial charge in [0, 0.05) is 36.0 Å². The van der Waals surface area contributed by atoms with Crippen LogP contribution in [0.2, 0.25) is 5.02 Å². The lowest BCUT2D eigenvalue weighted by atomic mass is 10.1. The van der Waals surface area contributed by atoms with Crippen LogP contribution in [-0.2, 0) is 11.2 Å². The van der Waals surface area contributed by atoms with Gasteiger partial charge in [-0.1, -0.05) is 11.6 Å². The Labute approximate surface area is 164 Å². The normalized spacial score (nSPS) is 16.4. The summed E-state index contributed by atoms with van der Waals surface area (Å²) in [5.74, 6) is 1.31. The molecule has 2 N–H and O–H groups in total. The number of halogens is 3. The minimum absolute atomic E-state index is 0. The van der Waals surface area contributed by atoms with E-state index in [0.717, 1.165) is 31.5 Å². The Morgan fingerprint density at radius 3 is 2.76 bits per heavy atom. The molecule has 2 aromatic rings. The van der Waals surface area contributed by atoms with Crippen LogP contribution >= 0.6 is 36.4 Å². The Kier molecular flexibility index (Phi) is 9.28. The van der Waals surface area contributed by atoms with Gasteiger partial charge in [0.05, 0.1) is 6.20 Å². The van der Waals surface area contributed by atoms with Crippen LogP contribution in [0.5, 0.6) is 0 Å². The molecule has 5 nitrogen and oxygen atoms in total. The molecule has 2 heterocycles. The fraction of sp³-hybridized carbons (Fsp3) is 0.412. The lowest BCUT2D eigenvalue weighted by Gasteiger charge is -2.23.